The highest BCUT2D eigenvalue weighted by Crippen LogP contribution is 2.27. The number of anilines is 1. The van der Waals surface area contributed by atoms with Crippen molar-refractivity contribution in [3.8, 4) is 0 Å². The van der Waals surface area contributed by atoms with Gasteiger partial charge in [-0.1, -0.05) is 0 Å². The Morgan fingerprint density at radius 3 is 2.88 bits per heavy atom. The first-order valence-corrected chi connectivity index (χ1v) is 4.91. The van der Waals surface area contributed by atoms with E-state index in [9.17, 15) is 9.90 Å². The molecular formula is C9H13ClN3O4-. The molecule has 0 bridgehead atoms. The minimum atomic E-state index is -0.778. The first-order chi connectivity index (χ1) is 7.61. The third-order valence-corrected chi connectivity index (χ3v) is 2.55. The van der Waals surface area contributed by atoms with Gasteiger partial charge in [-0.15, -0.1) is 0 Å². The van der Waals surface area contributed by atoms with Gasteiger partial charge < -0.3 is 33.1 Å². The first-order valence-electron chi connectivity index (χ1n) is 4.91. The van der Waals surface area contributed by atoms with Crippen molar-refractivity contribution in [3.05, 3.63) is 22.7 Å². The van der Waals surface area contributed by atoms with Crippen LogP contribution in [0.2, 0.25) is 0 Å². The number of nitrogens with zero attached hydrogens (tertiary/aromatic N) is 2. The van der Waals surface area contributed by atoms with E-state index in [4.69, 9.17) is 15.6 Å². The quantitative estimate of drug-likeness (QED) is 0.495. The summed E-state index contributed by atoms with van der Waals surface area (Å²) < 4.78 is 6.56. The number of nitrogens with two attached hydrogens (primary N) is 1. The maximum atomic E-state index is 11.5. The fourth-order valence-corrected chi connectivity index (χ4v) is 1.70. The summed E-state index contributed by atoms with van der Waals surface area (Å²) in [7, 11) is 0. The summed E-state index contributed by atoms with van der Waals surface area (Å²) >= 11 is 0. The van der Waals surface area contributed by atoms with Crippen molar-refractivity contribution in [2.24, 2.45) is 0 Å². The van der Waals surface area contributed by atoms with Gasteiger partial charge in [0.1, 0.15) is 18.1 Å². The summed E-state index contributed by atoms with van der Waals surface area (Å²) in [6.45, 7) is -0.283. The highest BCUT2D eigenvalue weighted by atomic mass is 35.5. The molecule has 96 valence electrons. The summed E-state index contributed by atoms with van der Waals surface area (Å²) in [6.07, 6.45) is -0.333. The lowest BCUT2D eigenvalue weighted by Crippen LogP contribution is -3.00. The highest BCUT2D eigenvalue weighted by molar-refractivity contribution is 5.23. The average Bonchev–Trinajstić information content (AvgIpc) is 2.59. The summed E-state index contributed by atoms with van der Waals surface area (Å²) in [4.78, 5) is 15.0. The molecule has 1 aromatic heterocycles. The lowest BCUT2D eigenvalue weighted by atomic mass is 10.2. The lowest BCUT2D eigenvalue weighted by Gasteiger charge is -2.13. The van der Waals surface area contributed by atoms with Crippen molar-refractivity contribution in [2.75, 3.05) is 12.3 Å². The first kappa shape index (κ1) is 13.9. The summed E-state index contributed by atoms with van der Waals surface area (Å²) in [5.74, 6) is 0.138. The Hall–Kier alpha value is -1.15. The molecule has 8 heteroatoms. The molecule has 2 heterocycles. The van der Waals surface area contributed by atoms with Crippen LogP contribution >= 0.6 is 0 Å². The molecule has 2 rings (SSSR count). The molecule has 0 aliphatic carbocycles. The molecule has 1 aromatic rings. The van der Waals surface area contributed by atoms with Gasteiger partial charge in [0.05, 0.1) is 12.7 Å². The van der Waals surface area contributed by atoms with E-state index in [-0.39, 0.29) is 31.3 Å². The molecule has 0 radical (unpaired) electrons. The van der Waals surface area contributed by atoms with E-state index in [2.05, 4.69) is 4.98 Å². The van der Waals surface area contributed by atoms with Crippen molar-refractivity contribution in [1.29, 1.82) is 0 Å². The zero-order valence-corrected chi connectivity index (χ0v) is 9.62. The van der Waals surface area contributed by atoms with Crippen molar-refractivity contribution in [1.82, 2.24) is 9.55 Å². The van der Waals surface area contributed by atoms with Crippen LogP contribution < -0.4 is 23.8 Å². The van der Waals surface area contributed by atoms with Crippen LogP contribution in [0.25, 0.3) is 0 Å². The molecule has 1 aliphatic rings. The summed E-state index contributed by atoms with van der Waals surface area (Å²) in [5.41, 5.74) is 4.82. The van der Waals surface area contributed by atoms with Crippen LogP contribution in [0, 0.1) is 0 Å². The van der Waals surface area contributed by atoms with E-state index in [0.29, 0.717) is 0 Å². The molecule has 0 unspecified atom stereocenters. The van der Waals surface area contributed by atoms with Crippen LogP contribution in [0.4, 0.5) is 5.82 Å². The molecule has 7 nitrogen and oxygen atoms in total. The Morgan fingerprint density at radius 2 is 2.35 bits per heavy atom. The van der Waals surface area contributed by atoms with E-state index >= 15 is 0 Å². The topological polar surface area (TPSA) is 111 Å². The van der Waals surface area contributed by atoms with Gasteiger partial charge in [-0.05, 0) is 6.07 Å². The molecule has 1 aliphatic heterocycles. The fourth-order valence-electron chi connectivity index (χ4n) is 1.70. The lowest BCUT2D eigenvalue weighted by molar-refractivity contribution is -0.0458. The maximum absolute atomic E-state index is 11.5. The minimum absolute atomic E-state index is 0. The van der Waals surface area contributed by atoms with Crippen LogP contribution in [-0.4, -0.2) is 38.6 Å². The largest absolute Gasteiger partial charge is 1.00 e. The Kier molecular flexibility index (Phi) is 4.47. The second-order valence-electron chi connectivity index (χ2n) is 3.66. The number of nitrogen functional groups attached to an aromatic ring is 1. The monoisotopic (exact) mass is 262 g/mol. The number of aliphatic hydroxyl groups is 2. The van der Waals surface area contributed by atoms with Crippen molar-refractivity contribution in [3.63, 3.8) is 0 Å². The number of halogens is 1. The molecule has 0 amide bonds. The summed E-state index contributed by atoms with van der Waals surface area (Å²) in [6, 6.07) is 1.48. The number of hydrogen-bond donors (Lipinski definition) is 3. The SMILES string of the molecule is Nc1ccn([C@H]2C[C@H](O)[C@@H](CO)O2)c(=O)n1.[Cl-]. The van der Waals surface area contributed by atoms with Crippen LogP contribution in [-0.2, 0) is 4.74 Å². The molecule has 0 spiro atoms. The smallest absolute Gasteiger partial charge is 0.351 e. The number of aliphatic hydroxyl groups excluding tert-OH is 2. The second kappa shape index (κ2) is 5.46. The standard InChI is InChI=1S/C9H13N3O4.ClH/c10-7-1-2-12(9(15)11-7)8-3-5(14)6(4-13)16-8;/h1-2,5-6,8,13-14H,3-4H2,(H2,10,11,15);1H/p-1/t5-,6+,8+;/m0./s1. The zero-order valence-electron chi connectivity index (χ0n) is 8.86. The molecule has 17 heavy (non-hydrogen) atoms. The van der Waals surface area contributed by atoms with Crippen LogP contribution in [0.1, 0.15) is 12.6 Å². The third-order valence-electron chi connectivity index (χ3n) is 2.55. The van der Waals surface area contributed by atoms with Gasteiger partial charge in [0.25, 0.3) is 0 Å². The predicted molar refractivity (Wildman–Crippen MR) is 54.5 cm³/mol. The molecule has 1 fully saturated rings. The molecule has 0 aromatic carbocycles. The normalized spacial score (nSPS) is 27.8. The van der Waals surface area contributed by atoms with Gasteiger partial charge in [-0.3, -0.25) is 4.57 Å². The Bertz CT molecular complexity index is 438. The van der Waals surface area contributed by atoms with E-state index in [1.807, 2.05) is 0 Å². The van der Waals surface area contributed by atoms with Gasteiger partial charge in [-0.25, -0.2) is 4.79 Å². The average molecular weight is 263 g/mol. The van der Waals surface area contributed by atoms with Gasteiger partial charge in [0.15, 0.2) is 0 Å². The molecule has 0 saturated carbocycles. The van der Waals surface area contributed by atoms with Crippen molar-refractivity contribution >= 4 is 5.82 Å². The summed E-state index contributed by atoms with van der Waals surface area (Å²) in [5, 5.41) is 18.4. The molecule has 3 atom stereocenters. The zero-order chi connectivity index (χ0) is 11.7. The van der Waals surface area contributed by atoms with Crippen molar-refractivity contribution in [2.45, 2.75) is 24.9 Å². The van der Waals surface area contributed by atoms with Crippen LogP contribution in [0.3, 0.4) is 0 Å². The van der Waals surface area contributed by atoms with E-state index < -0.39 is 24.1 Å². The second-order valence-corrected chi connectivity index (χ2v) is 3.66. The Labute approximate surface area is 103 Å². The minimum Gasteiger partial charge on any atom is -1.00 e. The van der Waals surface area contributed by atoms with Crippen LogP contribution in [0.15, 0.2) is 17.1 Å². The van der Waals surface area contributed by atoms with Gasteiger partial charge >= 0.3 is 5.69 Å². The Balaban J connectivity index is 0.00000144. The number of hydrogen-bond acceptors (Lipinski definition) is 6. The van der Waals surface area contributed by atoms with E-state index in [1.165, 1.54) is 16.8 Å². The number of rotatable bonds is 2. The highest BCUT2D eigenvalue weighted by Gasteiger charge is 2.34. The molecular weight excluding hydrogens is 250 g/mol. The van der Waals surface area contributed by atoms with Crippen molar-refractivity contribution < 1.29 is 27.4 Å². The van der Waals surface area contributed by atoms with Gasteiger partial charge in [0.2, 0.25) is 0 Å². The fraction of sp³-hybridized carbons (Fsp3) is 0.556. The molecule has 4 N–H and O–H groups in total. The number of aromatic nitrogens is 2. The maximum Gasteiger partial charge on any atom is 0.351 e. The Morgan fingerprint density at radius 1 is 1.65 bits per heavy atom. The number of ether oxygens (including phenoxy) is 1. The molecule has 1 saturated heterocycles. The third kappa shape index (κ3) is 2.75. The van der Waals surface area contributed by atoms with Crippen LogP contribution in [0.5, 0.6) is 0 Å². The van der Waals surface area contributed by atoms with E-state index in [0.717, 1.165) is 0 Å². The van der Waals surface area contributed by atoms with E-state index in [1.54, 1.807) is 0 Å². The van der Waals surface area contributed by atoms with Gasteiger partial charge in [-0.2, -0.15) is 4.98 Å². The van der Waals surface area contributed by atoms with Gasteiger partial charge in [0, 0.05) is 12.6 Å². The predicted octanol–water partition coefficient (Wildman–Crippen LogP) is -4.53.